The Balaban J connectivity index is 1.69. The average molecular weight is 291 g/mol. The summed E-state index contributed by atoms with van der Waals surface area (Å²) < 4.78 is 5.81. The van der Waals surface area contributed by atoms with Gasteiger partial charge in [-0.3, -0.25) is 0 Å². The van der Waals surface area contributed by atoms with Crippen molar-refractivity contribution in [3.63, 3.8) is 0 Å². The van der Waals surface area contributed by atoms with Crippen LogP contribution in [0.4, 0.5) is 0 Å². The van der Waals surface area contributed by atoms with Gasteiger partial charge in [0.1, 0.15) is 17.4 Å². The maximum Gasteiger partial charge on any atom is 0.140 e. The van der Waals surface area contributed by atoms with E-state index in [4.69, 9.17) is 9.72 Å². The van der Waals surface area contributed by atoms with E-state index in [9.17, 15) is 0 Å². The molecule has 1 fully saturated rings. The van der Waals surface area contributed by atoms with Crippen molar-refractivity contribution in [2.45, 2.75) is 38.0 Å². The van der Waals surface area contributed by atoms with E-state index in [1.165, 1.54) is 29.0 Å². The lowest BCUT2D eigenvalue weighted by molar-refractivity contribution is 0.305. The summed E-state index contributed by atoms with van der Waals surface area (Å²) in [6, 6.07) is 8.12. The number of nitrogens with zero attached hydrogens (tertiary/aromatic N) is 1. The molecule has 0 spiro atoms. The first-order chi connectivity index (χ1) is 9.26. The van der Waals surface area contributed by atoms with Crippen molar-refractivity contribution < 1.29 is 4.74 Å². The molecule has 4 heteroatoms. The summed E-state index contributed by atoms with van der Waals surface area (Å²) >= 11 is 6.14. The van der Waals surface area contributed by atoms with Crippen LogP contribution in [0.5, 0.6) is 5.75 Å². The molecule has 100 valence electrons. The summed E-state index contributed by atoms with van der Waals surface area (Å²) in [4.78, 5) is 6.04. The van der Waals surface area contributed by atoms with Gasteiger partial charge < -0.3 is 4.74 Å². The summed E-state index contributed by atoms with van der Waals surface area (Å²) in [6.07, 6.45) is 2.56. The molecule has 3 rings (SSSR count). The summed E-state index contributed by atoms with van der Waals surface area (Å²) in [5, 5.41) is 1.06. The summed E-state index contributed by atoms with van der Waals surface area (Å²) in [5.41, 5.74) is 2.48. The maximum atomic E-state index is 5.81. The van der Waals surface area contributed by atoms with E-state index in [-0.39, 0.29) is 0 Å². The van der Waals surface area contributed by atoms with E-state index in [0.29, 0.717) is 12.5 Å². The predicted octanol–water partition coefficient (Wildman–Crippen LogP) is 4.34. The fraction of sp³-hybridized carbons (Fsp3) is 0.400. The zero-order valence-electron chi connectivity index (χ0n) is 10.9. The highest BCUT2D eigenvalue weighted by Gasteiger charge is 2.29. The van der Waals surface area contributed by atoms with Gasteiger partial charge in [0.2, 0.25) is 0 Å². The Kier molecular flexibility index (Phi) is 3.80. The van der Waals surface area contributed by atoms with Gasteiger partial charge in [0.15, 0.2) is 0 Å². The third-order valence-electron chi connectivity index (χ3n) is 3.23. The molecule has 0 aliphatic heterocycles. The highest BCUT2D eigenvalue weighted by Crippen LogP contribution is 2.43. The minimum Gasteiger partial charge on any atom is -0.486 e. The fourth-order valence-electron chi connectivity index (χ4n) is 2.11. The van der Waals surface area contributed by atoms with Crippen molar-refractivity contribution in [3.05, 3.63) is 45.4 Å². The van der Waals surface area contributed by atoms with Gasteiger partial charge in [0.25, 0.3) is 0 Å². The van der Waals surface area contributed by atoms with Gasteiger partial charge in [-0.05, 0) is 37.5 Å². The summed E-state index contributed by atoms with van der Waals surface area (Å²) in [7, 11) is 0. The molecule has 1 aliphatic rings. The molecule has 0 amide bonds. The first-order valence-electron chi connectivity index (χ1n) is 6.55. The SMILES string of the molecule is Cc1cccc(OCc2nc(C3CC3)c(CS)s2)c1. The third-order valence-corrected chi connectivity index (χ3v) is 4.81. The van der Waals surface area contributed by atoms with Crippen molar-refractivity contribution in [1.29, 1.82) is 0 Å². The van der Waals surface area contributed by atoms with Crippen LogP contribution in [0.3, 0.4) is 0 Å². The van der Waals surface area contributed by atoms with Gasteiger partial charge >= 0.3 is 0 Å². The maximum absolute atomic E-state index is 5.81. The second-order valence-corrected chi connectivity index (χ2v) is 6.44. The van der Waals surface area contributed by atoms with Gasteiger partial charge in [0, 0.05) is 16.5 Å². The molecule has 0 bridgehead atoms. The molecule has 2 aromatic rings. The van der Waals surface area contributed by atoms with Gasteiger partial charge in [-0.2, -0.15) is 12.6 Å². The summed E-state index contributed by atoms with van der Waals surface area (Å²) in [5.74, 6) is 2.38. The van der Waals surface area contributed by atoms with Gasteiger partial charge in [-0.15, -0.1) is 11.3 Å². The van der Waals surface area contributed by atoms with Crippen LogP contribution in [0.1, 0.15) is 39.9 Å². The molecule has 0 saturated heterocycles. The predicted molar refractivity (Wildman–Crippen MR) is 82.3 cm³/mol. The van der Waals surface area contributed by atoms with Crippen LogP contribution in [0.2, 0.25) is 0 Å². The zero-order valence-corrected chi connectivity index (χ0v) is 12.6. The number of ether oxygens (including phenoxy) is 1. The van der Waals surface area contributed by atoms with Crippen molar-refractivity contribution in [1.82, 2.24) is 4.98 Å². The van der Waals surface area contributed by atoms with Crippen molar-refractivity contribution in [2.24, 2.45) is 0 Å². The lowest BCUT2D eigenvalue weighted by Gasteiger charge is -2.04. The minimum atomic E-state index is 0.557. The fourth-order valence-corrected chi connectivity index (χ4v) is 3.40. The third kappa shape index (κ3) is 3.12. The normalized spacial score (nSPS) is 14.6. The molecular weight excluding hydrogens is 274 g/mol. The quantitative estimate of drug-likeness (QED) is 0.828. The molecule has 0 unspecified atom stereocenters. The Hall–Kier alpha value is -1.000. The molecule has 0 radical (unpaired) electrons. The Bertz CT molecular complexity index is 575. The number of benzene rings is 1. The zero-order chi connectivity index (χ0) is 13.2. The number of thiazole rings is 1. The molecule has 0 atom stereocenters. The molecule has 1 saturated carbocycles. The molecule has 1 aliphatic carbocycles. The Morgan fingerprint density at radius 1 is 1.42 bits per heavy atom. The van der Waals surface area contributed by atoms with Crippen molar-refractivity contribution >= 4 is 24.0 Å². The minimum absolute atomic E-state index is 0.557. The van der Waals surface area contributed by atoms with E-state index in [2.05, 4.69) is 31.7 Å². The number of rotatable bonds is 5. The van der Waals surface area contributed by atoms with Crippen LogP contribution in [0, 0.1) is 6.92 Å². The lowest BCUT2D eigenvalue weighted by atomic mass is 10.2. The van der Waals surface area contributed by atoms with Crippen molar-refractivity contribution in [3.8, 4) is 5.75 Å². The van der Waals surface area contributed by atoms with Crippen LogP contribution in [0.15, 0.2) is 24.3 Å². The van der Waals surface area contributed by atoms with E-state index < -0.39 is 0 Å². The Labute approximate surface area is 123 Å². The van der Waals surface area contributed by atoms with Gasteiger partial charge in [-0.25, -0.2) is 4.98 Å². The van der Waals surface area contributed by atoms with Crippen LogP contribution in [-0.4, -0.2) is 4.98 Å². The average Bonchev–Trinajstić information content (AvgIpc) is 3.17. The molecular formula is C15H17NOS2. The molecule has 19 heavy (non-hydrogen) atoms. The van der Waals surface area contributed by atoms with E-state index in [1.54, 1.807) is 11.3 Å². The number of hydrogen-bond acceptors (Lipinski definition) is 4. The number of thiol groups is 1. The highest BCUT2D eigenvalue weighted by atomic mass is 32.1. The smallest absolute Gasteiger partial charge is 0.140 e. The van der Waals surface area contributed by atoms with E-state index >= 15 is 0 Å². The highest BCUT2D eigenvalue weighted by molar-refractivity contribution is 7.79. The molecule has 1 aromatic carbocycles. The molecule has 1 aromatic heterocycles. The van der Waals surface area contributed by atoms with Crippen LogP contribution in [0.25, 0.3) is 0 Å². The molecule has 1 heterocycles. The second kappa shape index (κ2) is 5.55. The van der Waals surface area contributed by atoms with Crippen LogP contribution < -0.4 is 4.74 Å². The topological polar surface area (TPSA) is 22.1 Å². The lowest BCUT2D eigenvalue weighted by Crippen LogP contribution is -1.95. The van der Waals surface area contributed by atoms with Crippen LogP contribution in [-0.2, 0) is 12.4 Å². The second-order valence-electron chi connectivity index (χ2n) is 4.95. The first kappa shape index (κ1) is 13.0. The van der Waals surface area contributed by atoms with E-state index in [0.717, 1.165) is 16.5 Å². The standard InChI is InChI=1S/C15H17NOS2/c1-10-3-2-4-12(7-10)17-8-14-16-15(11-5-6-11)13(9-18)19-14/h2-4,7,11,18H,5-6,8-9H2,1H3. The largest absolute Gasteiger partial charge is 0.486 e. The van der Waals surface area contributed by atoms with E-state index in [1.807, 2.05) is 12.1 Å². The molecule has 2 nitrogen and oxygen atoms in total. The first-order valence-corrected chi connectivity index (χ1v) is 8.00. The van der Waals surface area contributed by atoms with Crippen molar-refractivity contribution in [2.75, 3.05) is 0 Å². The number of hydrogen-bond donors (Lipinski definition) is 1. The monoisotopic (exact) mass is 291 g/mol. The number of aromatic nitrogens is 1. The summed E-state index contributed by atoms with van der Waals surface area (Å²) in [6.45, 7) is 2.63. The Morgan fingerprint density at radius 3 is 2.95 bits per heavy atom. The Morgan fingerprint density at radius 2 is 2.26 bits per heavy atom. The number of aryl methyl sites for hydroxylation is 1. The van der Waals surface area contributed by atoms with Crippen LogP contribution >= 0.6 is 24.0 Å². The van der Waals surface area contributed by atoms with Gasteiger partial charge in [0.05, 0.1) is 5.69 Å². The molecule has 0 N–H and O–H groups in total. The van der Waals surface area contributed by atoms with Gasteiger partial charge in [-0.1, -0.05) is 12.1 Å².